The molecule has 0 aromatic carbocycles. The molecule has 1 heterocycles. The molecule has 7 nitrogen and oxygen atoms in total. The van der Waals surface area contributed by atoms with E-state index < -0.39 is 11.2 Å². The first-order valence-corrected chi connectivity index (χ1v) is 17.8. The predicted octanol–water partition coefficient (Wildman–Crippen LogP) is 8.32. The van der Waals surface area contributed by atoms with Crippen LogP contribution in [0.5, 0.6) is 0 Å². The van der Waals surface area contributed by atoms with Crippen molar-refractivity contribution in [2.75, 3.05) is 13.2 Å². The molecule has 2 rings (SSSR count). The monoisotopic (exact) mass is 632 g/mol. The van der Waals surface area contributed by atoms with Gasteiger partial charge in [-0.2, -0.15) is 0 Å². The van der Waals surface area contributed by atoms with Crippen LogP contribution >= 0.6 is 0 Å². The Morgan fingerprint density at radius 2 is 1.58 bits per heavy atom. The number of carbonyl (C=O) groups is 2. The summed E-state index contributed by atoms with van der Waals surface area (Å²) in [6, 6.07) is 0. The Morgan fingerprint density at radius 3 is 2.13 bits per heavy atom. The summed E-state index contributed by atoms with van der Waals surface area (Å²) in [5.41, 5.74) is -0.270. The summed E-state index contributed by atoms with van der Waals surface area (Å²) in [6.45, 7) is 13.4. The lowest BCUT2D eigenvalue weighted by molar-refractivity contribution is -0.143. The molecule has 0 amide bonds. The van der Waals surface area contributed by atoms with Crippen LogP contribution < -0.4 is 0 Å². The zero-order chi connectivity index (χ0) is 33.3. The minimum absolute atomic E-state index is 0.0908. The maximum absolute atomic E-state index is 12.8. The van der Waals surface area contributed by atoms with Crippen molar-refractivity contribution < 1.29 is 34.0 Å². The highest BCUT2D eigenvalue weighted by Gasteiger charge is 2.53. The first-order chi connectivity index (χ1) is 21.3. The number of esters is 2. The zero-order valence-electron chi connectivity index (χ0n) is 29.1. The second-order valence-corrected chi connectivity index (χ2v) is 14.3. The number of aliphatic hydroxyl groups is 2. The molecule has 2 N–H and O–H groups in total. The lowest BCUT2D eigenvalue weighted by Gasteiger charge is -2.32. The lowest BCUT2D eigenvalue weighted by Crippen LogP contribution is -2.34. The molecule has 1 saturated carbocycles. The molecule has 1 aliphatic carbocycles. The molecule has 258 valence electrons. The molecule has 0 aromatic rings. The second kappa shape index (κ2) is 20.3. The number of hydrogen-bond donors (Lipinski definition) is 2. The van der Waals surface area contributed by atoms with Gasteiger partial charge in [0.15, 0.2) is 0 Å². The van der Waals surface area contributed by atoms with Crippen molar-refractivity contribution in [2.45, 2.75) is 167 Å². The molecule has 1 aliphatic heterocycles. The third-order valence-electron chi connectivity index (χ3n) is 9.27. The van der Waals surface area contributed by atoms with Crippen molar-refractivity contribution in [1.29, 1.82) is 0 Å². The van der Waals surface area contributed by atoms with Crippen LogP contribution in [0.4, 0.5) is 0 Å². The average molecular weight is 633 g/mol. The van der Waals surface area contributed by atoms with E-state index in [0.717, 1.165) is 30.4 Å². The number of fused-ring (bicyclic) bond motifs is 1. The summed E-state index contributed by atoms with van der Waals surface area (Å²) >= 11 is 0. The summed E-state index contributed by atoms with van der Waals surface area (Å²) in [5.74, 6) is -1.01. The van der Waals surface area contributed by atoms with E-state index in [4.69, 9.17) is 14.2 Å². The van der Waals surface area contributed by atoms with Gasteiger partial charge in [0, 0.05) is 19.3 Å². The van der Waals surface area contributed by atoms with Crippen LogP contribution in [0.3, 0.4) is 0 Å². The van der Waals surface area contributed by atoms with Crippen molar-refractivity contribution in [3.8, 4) is 0 Å². The number of unbranched alkanes of at least 4 members (excludes halogenated alkanes) is 12. The van der Waals surface area contributed by atoms with Crippen LogP contribution in [0.15, 0.2) is 36.0 Å². The van der Waals surface area contributed by atoms with Crippen molar-refractivity contribution in [1.82, 2.24) is 0 Å². The Morgan fingerprint density at radius 1 is 1.00 bits per heavy atom. The Labute approximate surface area is 273 Å². The predicted molar refractivity (Wildman–Crippen MR) is 181 cm³/mol. The van der Waals surface area contributed by atoms with E-state index in [1.165, 1.54) is 71.1 Å². The van der Waals surface area contributed by atoms with Crippen LogP contribution in [0, 0.1) is 11.8 Å². The van der Waals surface area contributed by atoms with Gasteiger partial charge in [-0.25, -0.2) is 0 Å². The van der Waals surface area contributed by atoms with Gasteiger partial charge < -0.3 is 24.4 Å². The van der Waals surface area contributed by atoms with E-state index in [1.807, 2.05) is 6.08 Å². The van der Waals surface area contributed by atoms with Crippen LogP contribution in [-0.2, 0) is 23.8 Å². The molecule has 0 aromatic heterocycles. The minimum Gasteiger partial charge on any atom is -0.465 e. The summed E-state index contributed by atoms with van der Waals surface area (Å²) in [5, 5.41) is 21.4. The second-order valence-electron chi connectivity index (χ2n) is 14.3. The molecule has 2 fully saturated rings. The molecule has 0 radical (unpaired) electrons. The number of epoxide rings is 1. The van der Waals surface area contributed by atoms with Gasteiger partial charge >= 0.3 is 11.9 Å². The largest absolute Gasteiger partial charge is 0.465 e. The van der Waals surface area contributed by atoms with Crippen LogP contribution in [0.1, 0.15) is 144 Å². The van der Waals surface area contributed by atoms with E-state index in [-0.39, 0.29) is 49.2 Å². The molecule has 7 heteroatoms. The highest BCUT2D eigenvalue weighted by atomic mass is 16.6. The Balaban J connectivity index is 1.93. The van der Waals surface area contributed by atoms with Crippen molar-refractivity contribution >= 4 is 11.9 Å². The van der Waals surface area contributed by atoms with Gasteiger partial charge in [0.2, 0.25) is 0 Å². The minimum atomic E-state index is -1.01. The van der Waals surface area contributed by atoms with Crippen LogP contribution in [-0.4, -0.2) is 58.8 Å². The summed E-state index contributed by atoms with van der Waals surface area (Å²) in [6.07, 6.45) is 23.3. The fourth-order valence-electron chi connectivity index (χ4n) is 6.42. The molecule has 0 bridgehead atoms. The standard InChI is InChI=1S/C38H64O7/c1-7-8-9-10-11-12-13-14-15-16-17-18-19-22-35(40)44-27-31(21-20-24-37(4,5)41)32-23-25-38(6,42)36-34(45-36)26-29(2)33(32)28-43-30(3)39/h20-21,24,32-34,36,41-42H,2,7-19,22-23,25-28H2,1,3-6H3/b24-20+,31-21-/t32-,33+,34-,36-,38+/m1/s1. The summed E-state index contributed by atoms with van der Waals surface area (Å²) in [7, 11) is 0. The fourth-order valence-corrected chi connectivity index (χ4v) is 6.42. The first-order valence-electron chi connectivity index (χ1n) is 17.8. The number of hydrogen-bond acceptors (Lipinski definition) is 7. The lowest BCUT2D eigenvalue weighted by atomic mass is 9.77. The molecule has 0 spiro atoms. The molecule has 0 unspecified atom stereocenters. The van der Waals surface area contributed by atoms with Gasteiger partial charge in [-0.3, -0.25) is 9.59 Å². The van der Waals surface area contributed by atoms with Gasteiger partial charge in [-0.1, -0.05) is 114 Å². The van der Waals surface area contributed by atoms with Crippen LogP contribution in [0.25, 0.3) is 0 Å². The van der Waals surface area contributed by atoms with E-state index in [0.29, 0.717) is 25.7 Å². The van der Waals surface area contributed by atoms with Gasteiger partial charge in [0.05, 0.1) is 23.9 Å². The van der Waals surface area contributed by atoms with Crippen molar-refractivity contribution in [2.24, 2.45) is 11.8 Å². The highest BCUT2D eigenvalue weighted by Crippen LogP contribution is 2.45. The van der Waals surface area contributed by atoms with Crippen molar-refractivity contribution in [3.05, 3.63) is 36.0 Å². The third-order valence-corrected chi connectivity index (χ3v) is 9.27. The molecular weight excluding hydrogens is 568 g/mol. The zero-order valence-corrected chi connectivity index (χ0v) is 29.1. The smallest absolute Gasteiger partial charge is 0.306 e. The fraction of sp³-hybridized carbons (Fsp3) is 0.789. The Bertz CT molecular complexity index is 958. The maximum atomic E-state index is 12.8. The Kier molecular flexibility index (Phi) is 17.7. The number of carbonyl (C=O) groups excluding carboxylic acids is 2. The molecular formula is C38H64O7. The number of allylic oxidation sites excluding steroid dienone is 2. The topological polar surface area (TPSA) is 106 Å². The van der Waals surface area contributed by atoms with E-state index in [9.17, 15) is 19.8 Å². The maximum Gasteiger partial charge on any atom is 0.306 e. The van der Waals surface area contributed by atoms with Gasteiger partial charge in [-0.15, -0.1) is 0 Å². The van der Waals surface area contributed by atoms with Gasteiger partial charge in [0.1, 0.15) is 12.7 Å². The molecule has 2 aliphatic rings. The Hall–Kier alpha value is -1.96. The van der Waals surface area contributed by atoms with Crippen LogP contribution in [0.2, 0.25) is 0 Å². The quantitative estimate of drug-likeness (QED) is 0.0431. The SMILES string of the molecule is C=C1C[C@H]2O[C@H]2[C@@](C)(O)CC[C@H](/C(=C\C=C\C(C)(C)O)COC(=O)CCCCCCCCCCCCCCC)[C@H]1COC(C)=O. The molecule has 45 heavy (non-hydrogen) atoms. The average Bonchev–Trinajstić information content (AvgIpc) is 3.73. The third kappa shape index (κ3) is 16.4. The van der Waals surface area contributed by atoms with Gasteiger partial charge in [-0.05, 0) is 57.9 Å². The molecule has 5 atom stereocenters. The molecule has 1 saturated heterocycles. The number of rotatable bonds is 21. The van der Waals surface area contributed by atoms with E-state index in [1.54, 1.807) is 32.9 Å². The van der Waals surface area contributed by atoms with Gasteiger partial charge in [0.25, 0.3) is 0 Å². The summed E-state index contributed by atoms with van der Waals surface area (Å²) in [4.78, 5) is 24.6. The normalized spacial score (nSPS) is 25.8. The highest BCUT2D eigenvalue weighted by molar-refractivity contribution is 5.69. The summed E-state index contributed by atoms with van der Waals surface area (Å²) < 4.78 is 17.1. The van der Waals surface area contributed by atoms with Crippen molar-refractivity contribution in [3.63, 3.8) is 0 Å². The van der Waals surface area contributed by atoms with E-state index >= 15 is 0 Å². The number of ether oxygens (including phenoxy) is 3. The first kappa shape index (κ1) is 39.2. The van der Waals surface area contributed by atoms with E-state index in [2.05, 4.69) is 13.5 Å².